The third-order valence-corrected chi connectivity index (χ3v) is 11.4. The fraction of sp³-hybridized carbons (Fsp3) is 0.708. The first kappa shape index (κ1) is 19.3. The maximum atomic E-state index is 13.2. The van der Waals surface area contributed by atoms with Crippen molar-refractivity contribution in [2.45, 2.75) is 56.8 Å². The van der Waals surface area contributed by atoms with Crippen molar-refractivity contribution in [1.29, 1.82) is 0 Å². The highest BCUT2D eigenvalue weighted by molar-refractivity contribution is 7.89. The standard InChI is InChI=1S/C24H32N2O3S/c1-16-4-2-6-21(8-16)30(28,29)26-7-3-5-17(15-26)14-25-22(27)23-12-19-9-18-10-20(13-23)24(19,23)11-18/h2,4,6,8,17-20H,3,5,7,9-15H2,1H3,(H,25,27)/t17?,18?,19-,20?,23?,24?/m0/s1. The van der Waals surface area contributed by atoms with Gasteiger partial charge in [0.1, 0.15) is 0 Å². The van der Waals surface area contributed by atoms with Gasteiger partial charge < -0.3 is 5.32 Å². The summed E-state index contributed by atoms with van der Waals surface area (Å²) in [5, 5.41) is 3.28. The zero-order chi connectivity index (χ0) is 20.7. The Kier molecular flexibility index (Phi) is 4.06. The first-order chi connectivity index (χ1) is 14.3. The molecular formula is C24H32N2O3S. The summed E-state index contributed by atoms with van der Waals surface area (Å²) in [6, 6.07) is 7.15. The van der Waals surface area contributed by atoms with Gasteiger partial charge in [0.25, 0.3) is 0 Å². The summed E-state index contributed by atoms with van der Waals surface area (Å²) in [5.74, 6) is 2.98. The van der Waals surface area contributed by atoms with Crippen molar-refractivity contribution in [1.82, 2.24) is 9.62 Å². The Balaban J connectivity index is 1.10. The van der Waals surface area contributed by atoms with Gasteiger partial charge in [-0.3, -0.25) is 4.79 Å². The number of carbonyl (C=O) groups excluding carboxylic acids is 1. The molecule has 1 aliphatic heterocycles. The third kappa shape index (κ3) is 2.38. The number of sulfonamides is 1. The van der Waals surface area contributed by atoms with Crippen LogP contribution in [0.2, 0.25) is 0 Å². The minimum atomic E-state index is -3.47. The molecule has 1 spiro atoms. The van der Waals surface area contributed by atoms with Crippen LogP contribution in [0.15, 0.2) is 29.2 Å². The third-order valence-electron chi connectivity index (χ3n) is 9.49. The van der Waals surface area contributed by atoms with Crippen molar-refractivity contribution in [3.8, 4) is 0 Å². The summed E-state index contributed by atoms with van der Waals surface area (Å²) in [7, 11) is -3.47. The SMILES string of the molecule is Cc1cccc(S(=O)(=O)N2CCCC(CNC(=O)C34CC5CC6C[C@@H](C3)C54C6)C2)c1. The fourth-order valence-corrected chi connectivity index (χ4v) is 9.98. The molecule has 1 aromatic rings. The van der Waals surface area contributed by atoms with Crippen LogP contribution in [0.4, 0.5) is 0 Å². The van der Waals surface area contributed by atoms with Crippen LogP contribution in [-0.4, -0.2) is 38.3 Å². The second-order valence-corrected chi connectivity index (χ2v) is 12.8. The van der Waals surface area contributed by atoms with Crippen molar-refractivity contribution >= 4 is 15.9 Å². The highest BCUT2D eigenvalue weighted by atomic mass is 32.2. The molecular weight excluding hydrogens is 396 g/mol. The zero-order valence-corrected chi connectivity index (χ0v) is 18.6. The van der Waals surface area contributed by atoms with Crippen LogP contribution in [0.25, 0.3) is 0 Å². The number of nitrogens with zero attached hydrogens (tertiary/aromatic N) is 1. The zero-order valence-electron chi connectivity index (χ0n) is 17.8. The molecule has 6 rings (SSSR count). The molecule has 4 aliphatic carbocycles. The Labute approximate surface area is 179 Å². The van der Waals surface area contributed by atoms with E-state index in [-0.39, 0.29) is 17.2 Å². The first-order valence-electron chi connectivity index (χ1n) is 11.7. The number of piperidine rings is 1. The van der Waals surface area contributed by atoms with E-state index in [0.29, 0.717) is 29.9 Å². The fourth-order valence-electron chi connectivity index (χ4n) is 8.32. The number of hydrogen-bond acceptors (Lipinski definition) is 3. The number of amides is 1. The number of nitrogens with one attached hydrogen (secondary N) is 1. The highest BCUT2D eigenvalue weighted by Crippen LogP contribution is 2.86. The Hall–Kier alpha value is -1.40. The number of aryl methyl sites for hydroxylation is 1. The van der Waals surface area contributed by atoms with Crippen molar-refractivity contribution < 1.29 is 13.2 Å². The quantitative estimate of drug-likeness (QED) is 0.782. The van der Waals surface area contributed by atoms with Crippen LogP contribution in [0, 0.1) is 41.4 Å². The highest BCUT2D eigenvalue weighted by Gasteiger charge is 2.83. The van der Waals surface area contributed by atoms with Gasteiger partial charge >= 0.3 is 0 Å². The average molecular weight is 429 g/mol. The maximum Gasteiger partial charge on any atom is 0.243 e. The van der Waals surface area contributed by atoms with Gasteiger partial charge in [0.15, 0.2) is 0 Å². The Morgan fingerprint density at radius 3 is 2.67 bits per heavy atom. The van der Waals surface area contributed by atoms with E-state index in [0.717, 1.165) is 49.0 Å². The van der Waals surface area contributed by atoms with Gasteiger partial charge in [-0.1, -0.05) is 12.1 Å². The summed E-state index contributed by atoms with van der Waals surface area (Å²) in [4.78, 5) is 13.6. The van der Waals surface area contributed by atoms with Crippen molar-refractivity contribution in [2.75, 3.05) is 19.6 Å². The molecule has 1 amide bonds. The van der Waals surface area contributed by atoms with Gasteiger partial charge in [0.05, 0.1) is 10.3 Å². The molecule has 1 heterocycles. The molecule has 1 saturated heterocycles. The molecule has 162 valence electrons. The average Bonchev–Trinajstić information content (AvgIpc) is 3.24. The molecule has 5 aliphatic rings. The number of carbonyl (C=O) groups is 1. The van der Waals surface area contributed by atoms with Gasteiger partial charge in [-0.2, -0.15) is 4.31 Å². The lowest BCUT2D eigenvalue weighted by atomic mass is 9.30. The van der Waals surface area contributed by atoms with Crippen molar-refractivity contribution in [3.05, 3.63) is 29.8 Å². The van der Waals surface area contributed by atoms with Crippen LogP contribution in [0.1, 0.15) is 50.5 Å². The molecule has 5 nitrogen and oxygen atoms in total. The van der Waals surface area contributed by atoms with E-state index in [1.165, 1.54) is 19.3 Å². The van der Waals surface area contributed by atoms with E-state index in [2.05, 4.69) is 5.32 Å². The summed E-state index contributed by atoms with van der Waals surface area (Å²) in [6.45, 7) is 3.59. The second kappa shape index (κ2) is 6.32. The molecule has 1 aromatic carbocycles. The minimum Gasteiger partial charge on any atom is -0.355 e. The van der Waals surface area contributed by atoms with E-state index in [9.17, 15) is 13.2 Å². The smallest absolute Gasteiger partial charge is 0.243 e. The molecule has 6 atom stereocenters. The Morgan fingerprint density at radius 2 is 1.97 bits per heavy atom. The minimum absolute atomic E-state index is 0.0738. The lowest BCUT2D eigenvalue weighted by Crippen LogP contribution is -2.73. The number of hydrogen-bond donors (Lipinski definition) is 1. The maximum absolute atomic E-state index is 13.2. The second-order valence-electron chi connectivity index (χ2n) is 10.9. The molecule has 0 radical (unpaired) electrons. The monoisotopic (exact) mass is 428 g/mol. The van der Waals surface area contributed by atoms with E-state index in [1.54, 1.807) is 22.5 Å². The predicted molar refractivity (Wildman–Crippen MR) is 114 cm³/mol. The molecule has 5 fully saturated rings. The lowest BCUT2D eigenvalue weighted by Gasteiger charge is -2.73. The normalized spacial score (nSPS) is 41.6. The van der Waals surface area contributed by atoms with E-state index in [4.69, 9.17) is 0 Å². The van der Waals surface area contributed by atoms with Crippen molar-refractivity contribution in [2.24, 2.45) is 34.5 Å². The largest absolute Gasteiger partial charge is 0.355 e. The summed E-state index contributed by atoms with van der Waals surface area (Å²) in [5.41, 5.74) is 1.24. The molecule has 1 N–H and O–H groups in total. The van der Waals surface area contributed by atoms with Gasteiger partial charge in [-0.25, -0.2) is 8.42 Å². The van der Waals surface area contributed by atoms with Crippen LogP contribution in [0.5, 0.6) is 0 Å². The number of rotatable bonds is 5. The Bertz CT molecular complexity index is 987. The van der Waals surface area contributed by atoms with E-state index in [1.807, 2.05) is 13.0 Å². The molecule has 2 bridgehead atoms. The molecule has 30 heavy (non-hydrogen) atoms. The first-order valence-corrected chi connectivity index (χ1v) is 13.1. The van der Waals surface area contributed by atoms with Gasteiger partial charge in [0.2, 0.25) is 15.9 Å². The molecule has 5 unspecified atom stereocenters. The lowest BCUT2D eigenvalue weighted by molar-refractivity contribution is -0.249. The molecule has 6 heteroatoms. The van der Waals surface area contributed by atoms with Crippen LogP contribution < -0.4 is 5.32 Å². The van der Waals surface area contributed by atoms with Crippen LogP contribution in [0.3, 0.4) is 0 Å². The summed E-state index contributed by atoms with van der Waals surface area (Å²) < 4.78 is 27.8. The number of benzene rings is 1. The summed E-state index contributed by atoms with van der Waals surface area (Å²) in [6.07, 6.45) is 8.05. The van der Waals surface area contributed by atoms with Gasteiger partial charge in [-0.05, 0) is 98.7 Å². The van der Waals surface area contributed by atoms with E-state index < -0.39 is 10.0 Å². The van der Waals surface area contributed by atoms with Gasteiger partial charge in [0, 0.05) is 19.6 Å². The molecule has 4 saturated carbocycles. The van der Waals surface area contributed by atoms with Crippen LogP contribution in [-0.2, 0) is 14.8 Å². The van der Waals surface area contributed by atoms with Gasteiger partial charge in [-0.15, -0.1) is 0 Å². The Morgan fingerprint density at radius 1 is 1.20 bits per heavy atom. The van der Waals surface area contributed by atoms with Crippen molar-refractivity contribution in [3.63, 3.8) is 0 Å². The van der Waals surface area contributed by atoms with Crippen LogP contribution >= 0.6 is 0 Å². The number of fused-ring (bicyclic) bond motifs is 1. The van der Waals surface area contributed by atoms with E-state index >= 15 is 0 Å². The summed E-state index contributed by atoms with van der Waals surface area (Å²) >= 11 is 0. The molecule has 0 aromatic heterocycles. The predicted octanol–water partition coefficient (Wildman–Crippen LogP) is 3.34. The topological polar surface area (TPSA) is 66.5 Å².